The molecule has 0 radical (unpaired) electrons. The first kappa shape index (κ1) is 16.2. The number of carbonyl (C=O) groups is 1. The van der Waals surface area contributed by atoms with Crippen LogP contribution in [-0.4, -0.2) is 41.0 Å². The maximum absolute atomic E-state index is 12.4. The van der Waals surface area contributed by atoms with E-state index in [1.807, 2.05) is 29.2 Å². The Hall–Kier alpha value is -2.63. The lowest BCUT2D eigenvalue weighted by Crippen LogP contribution is -2.38. The quantitative estimate of drug-likeness (QED) is 0.935. The summed E-state index contributed by atoms with van der Waals surface area (Å²) in [7, 11) is 1.63. The number of likely N-dealkylation sites (tertiary alicyclic amines) is 1. The van der Waals surface area contributed by atoms with Crippen LogP contribution in [0.2, 0.25) is 0 Å². The van der Waals surface area contributed by atoms with E-state index in [0.29, 0.717) is 17.4 Å². The van der Waals surface area contributed by atoms with Crippen molar-refractivity contribution in [2.45, 2.75) is 19.8 Å². The fourth-order valence-electron chi connectivity index (χ4n) is 2.73. The highest BCUT2D eigenvalue weighted by Crippen LogP contribution is 2.20. The van der Waals surface area contributed by atoms with Gasteiger partial charge in [-0.1, -0.05) is 13.0 Å². The lowest BCUT2D eigenvalue weighted by Gasteiger charge is -2.29. The second-order valence-electron chi connectivity index (χ2n) is 6.12. The van der Waals surface area contributed by atoms with E-state index >= 15 is 0 Å². The van der Waals surface area contributed by atoms with Crippen LogP contribution in [0.15, 0.2) is 36.7 Å². The number of nitrogens with zero attached hydrogens (tertiary/aromatic N) is 3. The molecular weight excluding hydrogens is 304 g/mol. The Balaban J connectivity index is 1.65. The zero-order chi connectivity index (χ0) is 16.9. The number of amides is 1. The molecule has 2 heterocycles. The Morgan fingerprint density at radius 2 is 2.04 bits per heavy atom. The van der Waals surface area contributed by atoms with Crippen molar-refractivity contribution in [2.24, 2.45) is 5.92 Å². The summed E-state index contributed by atoms with van der Waals surface area (Å²) in [4.78, 5) is 22.9. The topological polar surface area (TPSA) is 67.3 Å². The summed E-state index contributed by atoms with van der Waals surface area (Å²) in [6.45, 7) is 3.82. The minimum atomic E-state index is -0.0395. The summed E-state index contributed by atoms with van der Waals surface area (Å²) < 4.78 is 5.19. The van der Waals surface area contributed by atoms with Gasteiger partial charge in [0.05, 0.1) is 19.5 Å². The van der Waals surface area contributed by atoms with E-state index in [0.717, 1.165) is 37.4 Å². The SMILES string of the molecule is COc1cccc(Nc2cnc(C(=O)N3CCC(C)CC3)cn2)c1. The van der Waals surface area contributed by atoms with Crippen LogP contribution in [0.1, 0.15) is 30.3 Å². The van der Waals surface area contributed by atoms with Gasteiger partial charge >= 0.3 is 0 Å². The Labute approximate surface area is 141 Å². The number of benzene rings is 1. The maximum atomic E-state index is 12.4. The van der Waals surface area contributed by atoms with E-state index in [9.17, 15) is 4.79 Å². The normalized spacial score (nSPS) is 15.2. The molecule has 1 saturated heterocycles. The Bertz CT molecular complexity index is 694. The van der Waals surface area contributed by atoms with Gasteiger partial charge in [-0.2, -0.15) is 0 Å². The molecule has 1 amide bonds. The Morgan fingerprint density at radius 3 is 2.71 bits per heavy atom. The highest BCUT2D eigenvalue weighted by molar-refractivity contribution is 5.92. The van der Waals surface area contributed by atoms with Crippen molar-refractivity contribution in [1.82, 2.24) is 14.9 Å². The van der Waals surface area contributed by atoms with Gasteiger partial charge in [-0.15, -0.1) is 0 Å². The Kier molecular flexibility index (Phi) is 4.93. The van der Waals surface area contributed by atoms with Gasteiger partial charge in [0.1, 0.15) is 17.3 Å². The van der Waals surface area contributed by atoms with Gasteiger partial charge in [-0.25, -0.2) is 9.97 Å². The van der Waals surface area contributed by atoms with E-state index in [1.54, 1.807) is 13.3 Å². The van der Waals surface area contributed by atoms with E-state index in [1.165, 1.54) is 6.20 Å². The highest BCUT2D eigenvalue weighted by atomic mass is 16.5. The molecule has 0 aliphatic carbocycles. The number of nitrogens with one attached hydrogen (secondary N) is 1. The van der Waals surface area contributed by atoms with Crippen molar-refractivity contribution in [2.75, 3.05) is 25.5 Å². The number of ether oxygens (including phenoxy) is 1. The fraction of sp³-hybridized carbons (Fsp3) is 0.389. The van der Waals surface area contributed by atoms with Gasteiger partial charge in [0.25, 0.3) is 5.91 Å². The lowest BCUT2D eigenvalue weighted by atomic mass is 9.99. The molecule has 1 aliphatic heterocycles. The lowest BCUT2D eigenvalue weighted by molar-refractivity contribution is 0.0691. The molecule has 0 saturated carbocycles. The molecule has 0 atom stereocenters. The first-order valence-corrected chi connectivity index (χ1v) is 8.18. The number of hydrogen-bond donors (Lipinski definition) is 1. The summed E-state index contributed by atoms with van der Waals surface area (Å²) in [6.07, 6.45) is 5.21. The standard InChI is InChI=1S/C18H22N4O2/c1-13-6-8-22(9-7-13)18(23)16-11-20-17(12-19-16)21-14-4-3-5-15(10-14)24-2/h3-5,10-13H,6-9H2,1-2H3,(H,20,21). The van der Waals surface area contributed by atoms with Gasteiger partial charge in [-0.3, -0.25) is 4.79 Å². The predicted molar refractivity (Wildman–Crippen MR) is 92.6 cm³/mol. The molecule has 0 unspecified atom stereocenters. The molecule has 3 rings (SSSR count). The molecule has 1 fully saturated rings. The third kappa shape index (κ3) is 3.82. The number of methoxy groups -OCH3 is 1. The predicted octanol–water partition coefficient (Wildman–Crippen LogP) is 3.10. The van der Waals surface area contributed by atoms with E-state index in [-0.39, 0.29) is 5.91 Å². The monoisotopic (exact) mass is 326 g/mol. The van der Waals surface area contributed by atoms with Gasteiger partial charge in [-0.05, 0) is 30.9 Å². The van der Waals surface area contributed by atoms with Crippen LogP contribution in [0.4, 0.5) is 11.5 Å². The third-order valence-electron chi connectivity index (χ3n) is 4.28. The van der Waals surface area contributed by atoms with Crippen LogP contribution in [0.25, 0.3) is 0 Å². The van der Waals surface area contributed by atoms with Crippen molar-refractivity contribution >= 4 is 17.4 Å². The molecule has 6 nitrogen and oxygen atoms in total. The number of hydrogen-bond acceptors (Lipinski definition) is 5. The average Bonchev–Trinajstić information content (AvgIpc) is 2.62. The molecule has 1 aliphatic rings. The van der Waals surface area contributed by atoms with Gasteiger partial charge in [0.15, 0.2) is 0 Å². The highest BCUT2D eigenvalue weighted by Gasteiger charge is 2.22. The van der Waals surface area contributed by atoms with E-state index in [4.69, 9.17) is 4.74 Å². The van der Waals surface area contributed by atoms with Crippen molar-refractivity contribution in [3.8, 4) is 5.75 Å². The largest absolute Gasteiger partial charge is 0.497 e. The van der Waals surface area contributed by atoms with Crippen molar-refractivity contribution in [1.29, 1.82) is 0 Å². The molecule has 0 spiro atoms. The molecule has 2 aromatic rings. The summed E-state index contributed by atoms with van der Waals surface area (Å²) in [5.74, 6) is 2.00. The molecule has 24 heavy (non-hydrogen) atoms. The number of aromatic nitrogens is 2. The van der Waals surface area contributed by atoms with Gasteiger partial charge < -0.3 is 15.0 Å². The molecule has 1 aromatic carbocycles. The third-order valence-corrected chi connectivity index (χ3v) is 4.28. The minimum Gasteiger partial charge on any atom is -0.497 e. The number of carbonyl (C=O) groups excluding carboxylic acids is 1. The molecular formula is C18H22N4O2. The molecule has 1 N–H and O–H groups in total. The maximum Gasteiger partial charge on any atom is 0.274 e. The van der Waals surface area contributed by atoms with Crippen LogP contribution >= 0.6 is 0 Å². The van der Waals surface area contributed by atoms with Gasteiger partial charge in [0.2, 0.25) is 0 Å². The van der Waals surface area contributed by atoms with Crippen molar-refractivity contribution in [3.05, 3.63) is 42.4 Å². The van der Waals surface area contributed by atoms with Crippen LogP contribution in [0.5, 0.6) is 5.75 Å². The first-order chi connectivity index (χ1) is 11.7. The zero-order valence-corrected chi connectivity index (χ0v) is 14.0. The Morgan fingerprint density at radius 1 is 1.25 bits per heavy atom. The van der Waals surface area contributed by atoms with Crippen LogP contribution < -0.4 is 10.1 Å². The number of anilines is 2. The molecule has 1 aromatic heterocycles. The minimum absolute atomic E-state index is 0.0395. The first-order valence-electron chi connectivity index (χ1n) is 8.18. The summed E-state index contributed by atoms with van der Waals surface area (Å²) in [5.41, 5.74) is 1.24. The van der Waals surface area contributed by atoms with Gasteiger partial charge in [0, 0.05) is 24.8 Å². The number of piperidine rings is 1. The van der Waals surface area contributed by atoms with Crippen LogP contribution in [-0.2, 0) is 0 Å². The average molecular weight is 326 g/mol. The van der Waals surface area contributed by atoms with Crippen molar-refractivity contribution < 1.29 is 9.53 Å². The van der Waals surface area contributed by atoms with Crippen molar-refractivity contribution in [3.63, 3.8) is 0 Å². The zero-order valence-electron chi connectivity index (χ0n) is 14.0. The smallest absolute Gasteiger partial charge is 0.274 e. The molecule has 0 bridgehead atoms. The summed E-state index contributed by atoms with van der Waals surface area (Å²) >= 11 is 0. The van der Waals surface area contributed by atoms with Crippen LogP contribution in [0, 0.1) is 5.92 Å². The summed E-state index contributed by atoms with van der Waals surface area (Å²) in [6, 6.07) is 7.55. The van der Waals surface area contributed by atoms with E-state index in [2.05, 4.69) is 22.2 Å². The van der Waals surface area contributed by atoms with Crippen LogP contribution in [0.3, 0.4) is 0 Å². The second-order valence-corrected chi connectivity index (χ2v) is 6.12. The molecule has 6 heteroatoms. The second kappa shape index (κ2) is 7.29. The number of rotatable bonds is 4. The fourth-order valence-corrected chi connectivity index (χ4v) is 2.73. The van der Waals surface area contributed by atoms with E-state index < -0.39 is 0 Å². The summed E-state index contributed by atoms with van der Waals surface area (Å²) in [5, 5.41) is 3.15. The molecule has 126 valence electrons.